The molecule has 1 atom stereocenters. The maximum absolute atomic E-state index is 13.5. The quantitative estimate of drug-likeness (QED) is 0.749. The van der Waals surface area contributed by atoms with Crippen LogP contribution >= 0.6 is 0 Å². The van der Waals surface area contributed by atoms with Gasteiger partial charge < -0.3 is 14.7 Å². The van der Waals surface area contributed by atoms with Gasteiger partial charge in [-0.2, -0.15) is 0 Å². The van der Waals surface area contributed by atoms with Gasteiger partial charge in [0.25, 0.3) is 5.91 Å². The number of hydrogen-bond acceptors (Lipinski definition) is 3. The molecule has 0 radical (unpaired) electrons. The zero-order valence-corrected chi connectivity index (χ0v) is 16.6. The standard InChI is InChI=1S/C22H20F3N3O3/c23-16-3-1-2-14(10-16)12-27-13-20(29)28-9-8-26(7-6-19(28)22(27)31)21(30)15-4-5-17(24)18(25)11-15/h1-5,10-11,19H,6-9,12-13H2. The van der Waals surface area contributed by atoms with E-state index in [1.54, 1.807) is 12.1 Å². The molecule has 162 valence electrons. The lowest BCUT2D eigenvalue weighted by molar-refractivity contribution is -0.156. The van der Waals surface area contributed by atoms with E-state index in [0.29, 0.717) is 5.56 Å². The van der Waals surface area contributed by atoms with E-state index >= 15 is 0 Å². The highest BCUT2D eigenvalue weighted by atomic mass is 19.2. The topological polar surface area (TPSA) is 60.9 Å². The number of hydrogen-bond donors (Lipinski definition) is 0. The first kappa shape index (κ1) is 20.9. The van der Waals surface area contributed by atoms with Crippen molar-refractivity contribution in [2.75, 3.05) is 26.2 Å². The summed E-state index contributed by atoms with van der Waals surface area (Å²) >= 11 is 0. The van der Waals surface area contributed by atoms with Gasteiger partial charge in [-0.1, -0.05) is 12.1 Å². The Hall–Kier alpha value is -3.36. The molecule has 4 rings (SSSR count). The molecule has 3 amide bonds. The Morgan fingerprint density at radius 2 is 1.77 bits per heavy atom. The molecule has 2 saturated heterocycles. The fourth-order valence-corrected chi connectivity index (χ4v) is 4.03. The van der Waals surface area contributed by atoms with E-state index < -0.39 is 29.4 Å². The number of rotatable bonds is 3. The number of piperazine rings is 1. The lowest BCUT2D eigenvalue weighted by Gasteiger charge is -2.39. The molecule has 1 unspecified atom stereocenters. The molecule has 9 heteroatoms. The minimum atomic E-state index is -1.11. The molecule has 31 heavy (non-hydrogen) atoms. The number of nitrogens with zero attached hydrogens (tertiary/aromatic N) is 3. The molecule has 0 bridgehead atoms. The molecule has 2 aliphatic heterocycles. The van der Waals surface area contributed by atoms with Crippen molar-refractivity contribution >= 4 is 17.7 Å². The summed E-state index contributed by atoms with van der Waals surface area (Å²) < 4.78 is 40.1. The van der Waals surface area contributed by atoms with Gasteiger partial charge in [-0.15, -0.1) is 0 Å². The summed E-state index contributed by atoms with van der Waals surface area (Å²) in [7, 11) is 0. The van der Waals surface area contributed by atoms with Gasteiger partial charge in [0.2, 0.25) is 11.8 Å². The van der Waals surface area contributed by atoms with Crippen molar-refractivity contribution in [1.82, 2.24) is 14.7 Å². The van der Waals surface area contributed by atoms with Crippen molar-refractivity contribution in [2.45, 2.75) is 19.0 Å². The Kier molecular flexibility index (Phi) is 5.67. The molecule has 6 nitrogen and oxygen atoms in total. The fourth-order valence-electron chi connectivity index (χ4n) is 4.03. The Morgan fingerprint density at radius 3 is 2.52 bits per heavy atom. The average molecular weight is 431 g/mol. The van der Waals surface area contributed by atoms with Gasteiger partial charge in [0.15, 0.2) is 11.6 Å². The van der Waals surface area contributed by atoms with Crippen molar-refractivity contribution in [3.05, 3.63) is 71.0 Å². The van der Waals surface area contributed by atoms with Crippen LogP contribution in [0.3, 0.4) is 0 Å². The molecule has 2 aromatic carbocycles. The van der Waals surface area contributed by atoms with Crippen LogP contribution in [-0.4, -0.2) is 64.6 Å². The van der Waals surface area contributed by atoms with Crippen LogP contribution in [0.15, 0.2) is 42.5 Å². The van der Waals surface area contributed by atoms with E-state index in [1.807, 2.05) is 0 Å². The second-order valence-corrected chi connectivity index (χ2v) is 7.64. The van der Waals surface area contributed by atoms with E-state index in [0.717, 1.165) is 12.1 Å². The van der Waals surface area contributed by atoms with Crippen LogP contribution in [0.2, 0.25) is 0 Å². The first-order valence-corrected chi connectivity index (χ1v) is 9.90. The Balaban J connectivity index is 1.48. The zero-order chi connectivity index (χ0) is 22.1. The third-order valence-electron chi connectivity index (χ3n) is 5.62. The van der Waals surface area contributed by atoms with Crippen molar-refractivity contribution < 1.29 is 27.6 Å². The van der Waals surface area contributed by atoms with E-state index in [2.05, 4.69) is 0 Å². The first-order chi connectivity index (χ1) is 14.8. The summed E-state index contributed by atoms with van der Waals surface area (Å²) in [6, 6.07) is 8.06. The normalized spacial score (nSPS) is 19.3. The molecule has 0 aliphatic carbocycles. The summed E-state index contributed by atoms with van der Waals surface area (Å²) in [6.07, 6.45) is 0.222. The van der Waals surface area contributed by atoms with Gasteiger partial charge in [-0.05, 0) is 42.3 Å². The number of fused-ring (bicyclic) bond motifs is 1. The van der Waals surface area contributed by atoms with Crippen LogP contribution in [-0.2, 0) is 16.1 Å². The molecule has 2 fully saturated rings. The van der Waals surface area contributed by atoms with Crippen LogP contribution in [0.5, 0.6) is 0 Å². The van der Waals surface area contributed by atoms with Crippen molar-refractivity contribution in [2.24, 2.45) is 0 Å². The van der Waals surface area contributed by atoms with Crippen molar-refractivity contribution in [1.29, 1.82) is 0 Å². The number of carbonyl (C=O) groups excluding carboxylic acids is 3. The van der Waals surface area contributed by atoms with Crippen LogP contribution in [0.25, 0.3) is 0 Å². The maximum Gasteiger partial charge on any atom is 0.254 e. The second-order valence-electron chi connectivity index (χ2n) is 7.64. The molecular weight excluding hydrogens is 411 g/mol. The molecule has 2 heterocycles. The minimum absolute atomic E-state index is 0.00385. The summed E-state index contributed by atoms with van der Waals surface area (Å²) in [5, 5.41) is 0. The van der Waals surface area contributed by atoms with Crippen molar-refractivity contribution in [3.8, 4) is 0 Å². The average Bonchev–Trinajstić information content (AvgIpc) is 2.97. The largest absolute Gasteiger partial charge is 0.337 e. The third kappa shape index (κ3) is 4.26. The lowest BCUT2D eigenvalue weighted by atomic mass is 10.1. The highest BCUT2D eigenvalue weighted by molar-refractivity contribution is 5.96. The smallest absolute Gasteiger partial charge is 0.254 e. The van der Waals surface area contributed by atoms with Gasteiger partial charge in [0.1, 0.15) is 18.4 Å². The predicted octanol–water partition coefficient (Wildman–Crippen LogP) is 2.19. The Morgan fingerprint density at radius 1 is 0.968 bits per heavy atom. The first-order valence-electron chi connectivity index (χ1n) is 9.90. The second kappa shape index (κ2) is 8.41. The Bertz CT molecular complexity index is 1050. The fraction of sp³-hybridized carbons (Fsp3) is 0.318. The predicted molar refractivity (Wildman–Crippen MR) is 104 cm³/mol. The molecule has 2 aliphatic rings. The number of amides is 3. The molecule has 0 N–H and O–H groups in total. The number of benzene rings is 2. The van der Waals surface area contributed by atoms with Crippen molar-refractivity contribution in [3.63, 3.8) is 0 Å². The van der Waals surface area contributed by atoms with Gasteiger partial charge in [0, 0.05) is 31.7 Å². The molecule has 0 aromatic heterocycles. The molecule has 0 spiro atoms. The van der Waals surface area contributed by atoms with E-state index in [4.69, 9.17) is 0 Å². The maximum atomic E-state index is 13.5. The molecular formula is C22H20F3N3O3. The van der Waals surface area contributed by atoms with Crippen LogP contribution in [0.4, 0.5) is 13.2 Å². The van der Waals surface area contributed by atoms with E-state index in [-0.39, 0.29) is 56.5 Å². The highest BCUT2D eigenvalue weighted by Crippen LogP contribution is 2.22. The summed E-state index contributed by atoms with van der Waals surface area (Å²) in [5.41, 5.74) is 0.586. The van der Waals surface area contributed by atoms with Crippen LogP contribution in [0, 0.1) is 17.5 Å². The highest BCUT2D eigenvalue weighted by Gasteiger charge is 2.41. The monoisotopic (exact) mass is 431 g/mol. The zero-order valence-electron chi connectivity index (χ0n) is 16.6. The Labute approximate surface area is 176 Å². The van der Waals surface area contributed by atoms with Crippen LogP contribution < -0.4 is 0 Å². The summed E-state index contributed by atoms with van der Waals surface area (Å²) in [6.45, 7) is 0.522. The minimum Gasteiger partial charge on any atom is -0.337 e. The number of halogens is 3. The third-order valence-corrected chi connectivity index (χ3v) is 5.62. The SMILES string of the molecule is O=C(c1ccc(F)c(F)c1)N1CCC2C(=O)N(Cc3cccc(F)c3)CC(=O)N2CC1. The summed E-state index contributed by atoms with van der Waals surface area (Å²) in [5.74, 6) is -3.57. The van der Waals surface area contributed by atoms with Crippen LogP contribution in [0.1, 0.15) is 22.3 Å². The van der Waals surface area contributed by atoms with E-state index in [9.17, 15) is 27.6 Å². The molecule has 0 saturated carbocycles. The van der Waals surface area contributed by atoms with Gasteiger partial charge in [0.05, 0.1) is 0 Å². The summed E-state index contributed by atoms with van der Waals surface area (Å²) in [4.78, 5) is 42.7. The van der Waals surface area contributed by atoms with Gasteiger partial charge in [-0.3, -0.25) is 14.4 Å². The molecule has 2 aromatic rings. The number of carbonyl (C=O) groups is 3. The van der Waals surface area contributed by atoms with E-state index in [1.165, 1.54) is 32.9 Å². The lowest BCUT2D eigenvalue weighted by Crippen LogP contribution is -2.59. The van der Waals surface area contributed by atoms with Gasteiger partial charge in [-0.25, -0.2) is 13.2 Å². The van der Waals surface area contributed by atoms with Gasteiger partial charge >= 0.3 is 0 Å².